The third-order valence-corrected chi connectivity index (χ3v) is 1.36. The molecule has 0 saturated carbocycles. The average molecular weight is 187 g/mol. The molecule has 0 bridgehead atoms. The Bertz CT molecular complexity index is 370. The fraction of sp³-hybridized carbons (Fsp3) is 0.143. The van der Waals surface area contributed by atoms with E-state index in [2.05, 4.69) is 4.98 Å². The smallest absolute Gasteiger partial charge is 0.281 e. The molecule has 2 N–H and O–H groups in total. The van der Waals surface area contributed by atoms with E-state index in [9.17, 15) is 13.2 Å². The molecule has 0 fully saturated rings. The largest absolute Gasteiger partial charge is 0.395 e. The highest BCUT2D eigenvalue weighted by Crippen LogP contribution is 2.22. The molecule has 13 heavy (non-hydrogen) atoms. The standard InChI is InChI=1S/C7H4F3N3/c8-6(9)5-3(2-11)1-4(12)7(10)13-5/h1,6H,12H2. The van der Waals surface area contributed by atoms with Crippen molar-refractivity contribution < 1.29 is 13.2 Å². The summed E-state index contributed by atoms with van der Waals surface area (Å²) in [7, 11) is 0. The van der Waals surface area contributed by atoms with Gasteiger partial charge < -0.3 is 5.73 Å². The van der Waals surface area contributed by atoms with Gasteiger partial charge >= 0.3 is 0 Å². The molecule has 0 aliphatic rings. The number of pyridine rings is 1. The van der Waals surface area contributed by atoms with Crippen LogP contribution in [0.2, 0.25) is 0 Å². The number of halogens is 3. The van der Waals surface area contributed by atoms with Gasteiger partial charge in [0.2, 0.25) is 5.95 Å². The van der Waals surface area contributed by atoms with Crippen LogP contribution in [-0.2, 0) is 0 Å². The number of alkyl halides is 2. The molecule has 0 aromatic carbocycles. The lowest BCUT2D eigenvalue weighted by molar-refractivity contribution is 0.144. The van der Waals surface area contributed by atoms with Crippen LogP contribution in [0, 0.1) is 17.3 Å². The van der Waals surface area contributed by atoms with Crippen LogP contribution in [0.4, 0.5) is 18.9 Å². The zero-order valence-corrected chi connectivity index (χ0v) is 6.26. The molecule has 1 rings (SSSR count). The second kappa shape index (κ2) is 3.31. The fourth-order valence-corrected chi connectivity index (χ4v) is 0.775. The first-order chi connectivity index (χ1) is 6.06. The van der Waals surface area contributed by atoms with Gasteiger partial charge in [0.05, 0.1) is 11.3 Å². The number of hydrogen-bond donors (Lipinski definition) is 1. The van der Waals surface area contributed by atoms with Crippen molar-refractivity contribution in [2.75, 3.05) is 5.73 Å². The van der Waals surface area contributed by atoms with E-state index in [1.165, 1.54) is 6.07 Å². The van der Waals surface area contributed by atoms with Gasteiger partial charge in [-0.2, -0.15) is 9.65 Å². The van der Waals surface area contributed by atoms with Crippen molar-refractivity contribution in [3.63, 3.8) is 0 Å². The SMILES string of the molecule is N#Cc1cc(N)c(F)nc1C(F)F. The van der Waals surface area contributed by atoms with E-state index < -0.39 is 29.3 Å². The summed E-state index contributed by atoms with van der Waals surface area (Å²) in [4.78, 5) is 2.88. The van der Waals surface area contributed by atoms with Gasteiger partial charge in [0.25, 0.3) is 6.43 Å². The number of nitrogen functional groups attached to an aromatic ring is 1. The molecule has 0 amide bonds. The molecule has 1 aromatic rings. The van der Waals surface area contributed by atoms with Crippen LogP contribution in [0.5, 0.6) is 0 Å². The minimum Gasteiger partial charge on any atom is -0.395 e. The van der Waals surface area contributed by atoms with Crippen LogP contribution in [0.3, 0.4) is 0 Å². The van der Waals surface area contributed by atoms with E-state index in [-0.39, 0.29) is 0 Å². The van der Waals surface area contributed by atoms with Gasteiger partial charge in [-0.3, -0.25) is 0 Å². The number of aromatic nitrogens is 1. The minimum atomic E-state index is -2.98. The Balaban J connectivity index is 3.35. The van der Waals surface area contributed by atoms with E-state index in [4.69, 9.17) is 11.0 Å². The van der Waals surface area contributed by atoms with Crippen LogP contribution < -0.4 is 5.73 Å². The molecule has 0 atom stereocenters. The highest BCUT2D eigenvalue weighted by atomic mass is 19.3. The van der Waals surface area contributed by atoms with Gasteiger partial charge in [0, 0.05) is 0 Å². The van der Waals surface area contributed by atoms with Crippen molar-refractivity contribution in [3.05, 3.63) is 23.3 Å². The highest BCUT2D eigenvalue weighted by molar-refractivity contribution is 5.46. The van der Waals surface area contributed by atoms with Gasteiger partial charge in [0.1, 0.15) is 11.8 Å². The summed E-state index contributed by atoms with van der Waals surface area (Å²) in [5.41, 5.74) is 3.33. The lowest BCUT2D eigenvalue weighted by Gasteiger charge is -2.02. The Labute approximate surface area is 71.6 Å². The molecule has 0 aliphatic carbocycles. The maximum Gasteiger partial charge on any atom is 0.281 e. The first kappa shape index (κ1) is 9.32. The maximum absolute atomic E-state index is 12.6. The highest BCUT2D eigenvalue weighted by Gasteiger charge is 2.17. The maximum atomic E-state index is 12.6. The summed E-state index contributed by atoms with van der Waals surface area (Å²) >= 11 is 0. The van der Waals surface area contributed by atoms with Gasteiger partial charge in [-0.05, 0) is 6.07 Å². The lowest BCUT2D eigenvalue weighted by Crippen LogP contribution is -2.02. The van der Waals surface area contributed by atoms with Gasteiger partial charge in [-0.15, -0.1) is 0 Å². The molecule has 1 aromatic heterocycles. The second-order valence-electron chi connectivity index (χ2n) is 2.21. The quantitative estimate of drug-likeness (QED) is 0.679. The first-order valence-corrected chi connectivity index (χ1v) is 3.20. The molecule has 0 saturated heterocycles. The summed E-state index contributed by atoms with van der Waals surface area (Å²) in [5.74, 6) is -1.19. The van der Waals surface area contributed by atoms with Gasteiger partial charge in [-0.25, -0.2) is 13.8 Å². The number of nitrogens with two attached hydrogens (primary N) is 1. The van der Waals surface area contributed by atoms with Crippen molar-refractivity contribution in [1.82, 2.24) is 4.98 Å². The van der Waals surface area contributed by atoms with Crippen LogP contribution in [0.25, 0.3) is 0 Å². The van der Waals surface area contributed by atoms with E-state index in [1.54, 1.807) is 0 Å². The van der Waals surface area contributed by atoms with Crippen molar-refractivity contribution in [2.45, 2.75) is 6.43 Å². The predicted molar refractivity (Wildman–Crippen MR) is 38.3 cm³/mol. The van der Waals surface area contributed by atoms with Crippen molar-refractivity contribution in [1.29, 1.82) is 5.26 Å². The topological polar surface area (TPSA) is 62.7 Å². The Morgan fingerprint density at radius 1 is 1.54 bits per heavy atom. The number of nitriles is 1. The third kappa shape index (κ3) is 1.69. The monoisotopic (exact) mass is 187 g/mol. The van der Waals surface area contributed by atoms with E-state index in [0.29, 0.717) is 0 Å². The number of nitrogens with zero attached hydrogens (tertiary/aromatic N) is 2. The van der Waals surface area contributed by atoms with Crippen LogP contribution in [0.15, 0.2) is 6.07 Å². The van der Waals surface area contributed by atoms with Crippen LogP contribution >= 0.6 is 0 Å². The number of rotatable bonds is 1. The molecular weight excluding hydrogens is 183 g/mol. The third-order valence-electron chi connectivity index (χ3n) is 1.36. The number of hydrogen-bond acceptors (Lipinski definition) is 3. The zero-order valence-electron chi connectivity index (χ0n) is 6.26. The number of anilines is 1. The molecule has 3 nitrogen and oxygen atoms in total. The normalized spacial score (nSPS) is 10.1. The Morgan fingerprint density at radius 2 is 2.15 bits per heavy atom. The molecule has 0 radical (unpaired) electrons. The van der Waals surface area contributed by atoms with E-state index >= 15 is 0 Å². The minimum absolute atomic E-state index is 0.408. The van der Waals surface area contributed by atoms with Crippen LogP contribution in [-0.4, -0.2) is 4.98 Å². The van der Waals surface area contributed by atoms with Crippen molar-refractivity contribution in [2.24, 2.45) is 0 Å². The molecular formula is C7H4F3N3. The van der Waals surface area contributed by atoms with Crippen molar-refractivity contribution in [3.8, 4) is 6.07 Å². The molecule has 1 heterocycles. The zero-order chi connectivity index (χ0) is 10.0. The molecule has 68 valence electrons. The fourth-order valence-electron chi connectivity index (χ4n) is 0.775. The molecule has 0 unspecified atom stereocenters. The average Bonchev–Trinajstić information content (AvgIpc) is 2.08. The van der Waals surface area contributed by atoms with Gasteiger partial charge in [-0.1, -0.05) is 0 Å². The summed E-state index contributed by atoms with van der Waals surface area (Å²) in [6, 6.07) is 2.29. The Kier molecular flexibility index (Phi) is 2.37. The molecule has 0 spiro atoms. The van der Waals surface area contributed by atoms with E-state index in [1.807, 2.05) is 0 Å². The summed E-state index contributed by atoms with van der Waals surface area (Å²) in [6.45, 7) is 0. The Hall–Kier alpha value is -1.77. The predicted octanol–water partition coefficient (Wildman–Crippen LogP) is 1.61. The van der Waals surface area contributed by atoms with E-state index in [0.717, 1.165) is 6.07 Å². The summed E-state index contributed by atoms with van der Waals surface area (Å²) in [5, 5.41) is 8.38. The molecule has 6 heteroatoms. The second-order valence-corrected chi connectivity index (χ2v) is 2.21. The van der Waals surface area contributed by atoms with Crippen LogP contribution in [0.1, 0.15) is 17.7 Å². The lowest BCUT2D eigenvalue weighted by atomic mass is 10.2. The summed E-state index contributed by atoms with van der Waals surface area (Å²) < 4.78 is 36.8. The van der Waals surface area contributed by atoms with Crippen molar-refractivity contribution >= 4 is 5.69 Å². The Morgan fingerprint density at radius 3 is 2.62 bits per heavy atom. The first-order valence-electron chi connectivity index (χ1n) is 3.20. The van der Waals surface area contributed by atoms with Gasteiger partial charge in [0.15, 0.2) is 0 Å². The summed E-state index contributed by atoms with van der Waals surface area (Å²) in [6.07, 6.45) is -2.98. The molecule has 0 aliphatic heterocycles.